The lowest BCUT2D eigenvalue weighted by molar-refractivity contribution is -0.121. The molecule has 2 atom stereocenters. The summed E-state index contributed by atoms with van der Waals surface area (Å²) in [4.78, 5) is 18.9. The molecular formula is C17H33IN4O. The number of hydrogen-bond acceptors (Lipinski definition) is 2. The van der Waals surface area contributed by atoms with E-state index in [1.165, 1.54) is 25.7 Å². The van der Waals surface area contributed by atoms with E-state index in [0.717, 1.165) is 37.4 Å². The predicted octanol–water partition coefficient (Wildman–Crippen LogP) is 2.61. The largest absolute Gasteiger partial charge is 0.357 e. The molecule has 2 N–H and O–H groups in total. The minimum atomic E-state index is -0.201. The number of guanidine groups is 1. The number of aliphatic imine (C=N–C) groups is 1. The van der Waals surface area contributed by atoms with Crippen LogP contribution in [0.5, 0.6) is 0 Å². The van der Waals surface area contributed by atoms with Crippen LogP contribution in [0.15, 0.2) is 4.99 Å². The van der Waals surface area contributed by atoms with Crippen molar-refractivity contribution in [1.82, 2.24) is 15.5 Å². The molecular weight excluding hydrogens is 403 g/mol. The molecule has 2 aliphatic rings. The van der Waals surface area contributed by atoms with Crippen LogP contribution in [-0.2, 0) is 4.79 Å². The summed E-state index contributed by atoms with van der Waals surface area (Å²) >= 11 is 0. The molecule has 23 heavy (non-hydrogen) atoms. The molecule has 0 radical (unpaired) electrons. The summed E-state index contributed by atoms with van der Waals surface area (Å²) in [5, 5.41) is 6.31. The maximum atomic E-state index is 12.0. The fourth-order valence-electron chi connectivity index (χ4n) is 3.61. The Labute approximate surface area is 158 Å². The lowest BCUT2D eigenvalue weighted by atomic mass is 9.82. The van der Waals surface area contributed by atoms with E-state index in [2.05, 4.69) is 27.4 Å². The molecule has 1 heterocycles. The second-order valence-corrected chi connectivity index (χ2v) is 7.68. The van der Waals surface area contributed by atoms with E-state index < -0.39 is 0 Å². The van der Waals surface area contributed by atoms with Crippen LogP contribution < -0.4 is 10.6 Å². The third kappa shape index (κ3) is 6.47. The van der Waals surface area contributed by atoms with Gasteiger partial charge in [0.25, 0.3) is 0 Å². The van der Waals surface area contributed by atoms with Gasteiger partial charge in [0.1, 0.15) is 6.54 Å². The van der Waals surface area contributed by atoms with Crippen LogP contribution in [0.2, 0.25) is 0 Å². The van der Waals surface area contributed by atoms with Crippen LogP contribution in [0.3, 0.4) is 0 Å². The maximum absolute atomic E-state index is 12.0. The number of nitrogens with one attached hydrogen (secondary N) is 2. The Morgan fingerprint density at radius 3 is 2.22 bits per heavy atom. The highest BCUT2D eigenvalue weighted by molar-refractivity contribution is 14.0. The molecule has 1 saturated heterocycles. The monoisotopic (exact) mass is 436 g/mol. The van der Waals surface area contributed by atoms with Crippen molar-refractivity contribution in [2.45, 2.75) is 58.9 Å². The fourth-order valence-corrected chi connectivity index (χ4v) is 3.61. The summed E-state index contributed by atoms with van der Waals surface area (Å²) in [5.41, 5.74) is -0.201. The van der Waals surface area contributed by atoms with E-state index in [1.54, 1.807) is 0 Å². The Hall–Kier alpha value is -0.530. The van der Waals surface area contributed by atoms with Gasteiger partial charge in [0.2, 0.25) is 5.91 Å². The van der Waals surface area contributed by atoms with E-state index in [1.807, 2.05) is 20.8 Å². The number of halogens is 1. The van der Waals surface area contributed by atoms with Gasteiger partial charge in [-0.1, -0.05) is 12.8 Å². The molecule has 0 aromatic heterocycles. The summed E-state index contributed by atoms with van der Waals surface area (Å²) in [7, 11) is 0. The van der Waals surface area contributed by atoms with Crippen molar-refractivity contribution in [2.75, 3.05) is 26.2 Å². The number of hydrogen-bond donors (Lipinski definition) is 2. The van der Waals surface area contributed by atoms with Crippen LogP contribution in [0.25, 0.3) is 0 Å². The number of rotatable bonds is 3. The molecule has 2 rings (SSSR count). The van der Waals surface area contributed by atoms with Gasteiger partial charge in [0.15, 0.2) is 5.96 Å². The third-order valence-corrected chi connectivity index (χ3v) is 4.50. The Morgan fingerprint density at radius 1 is 1.17 bits per heavy atom. The second kappa shape index (κ2) is 9.08. The van der Waals surface area contributed by atoms with E-state index in [0.29, 0.717) is 0 Å². The second-order valence-electron chi connectivity index (χ2n) is 7.68. The first-order valence-electron chi connectivity index (χ1n) is 8.73. The molecule has 2 unspecified atom stereocenters. The zero-order valence-electron chi connectivity index (χ0n) is 15.0. The lowest BCUT2D eigenvalue weighted by Crippen LogP contribution is -2.44. The highest BCUT2D eigenvalue weighted by Crippen LogP contribution is 2.35. The van der Waals surface area contributed by atoms with E-state index in [4.69, 9.17) is 0 Å². The maximum Gasteiger partial charge on any atom is 0.242 e. The first-order valence-corrected chi connectivity index (χ1v) is 8.73. The lowest BCUT2D eigenvalue weighted by Gasteiger charge is -2.23. The van der Waals surface area contributed by atoms with Crippen molar-refractivity contribution in [3.63, 3.8) is 0 Å². The molecule has 1 saturated carbocycles. The normalized spacial score (nSPS) is 24.7. The Bertz CT molecular complexity index is 405. The fraction of sp³-hybridized carbons (Fsp3) is 0.882. The Balaban J connectivity index is 0.00000264. The molecule has 0 aromatic carbocycles. The van der Waals surface area contributed by atoms with Gasteiger partial charge in [0.05, 0.1) is 0 Å². The number of carbonyl (C=O) groups is 1. The first-order chi connectivity index (χ1) is 10.4. The van der Waals surface area contributed by atoms with Crippen LogP contribution >= 0.6 is 24.0 Å². The molecule has 1 aliphatic carbocycles. The van der Waals surface area contributed by atoms with Crippen LogP contribution in [-0.4, -0.2) is 48.5 Å². The molecule has 2 fully saturated rings. The minimum absolute atomic E-state index is 0. The number of amides is 1. The molecule has 0 bridgehead atoms. The van der Waals surface area contributed by atoms with Gasteiger partial charge in [-0.15, -0.1) is 24.0 Å². The molecule has 1 amide bonds. The van der Waals surface area contributed by atoms with Crippen molar-refractivity contribution < 1.29 is 4.79 Å². The predicted molar refractivity (Wildman–Crippen MR) is 106 cm³/mol. The topological polar surface area (TPSA) is 56.7 Å². The summed E-state index contributed by atoms with van der Waals surface area (Å²) in [6.45, 7) is 11.3. The molecule has 0 aromatic rings. The number of nitrogens with zero attached hydrogens (tertiary/aromatic N) is 2. The summed E-state index contributed by atoms with van der Waals surface area (Å²) < 4.78 is 0. The van der Waals surface area contributed by atoms with Crippen LogP contribution in [0.4, 0.5) is 0 Å². The van der Waals surface area contributed by atoms with E-state index >= 15 is 0 Å². The quantitative estimate of drug-likeness (QED) is 0.406. The molecule has 5 nitrogen and oxygen atoms in total. The number of carbonyl (C=O) groups excluding carboxylic acids is 1. The molecule has 134 valence electrons. The Morgan fingerprint density at radius 2 is 1.74 bits per heavy atom. The summed E-state index contributed by atoms with van der Waals surface area (Å²) in [6, 6.07) is 0. The molecule has 1 aliphatic heterocycles. The smallest absolute Gasteiger partial charge is 0.242 e. The van der Waals surface area contributed by atoms with Crippen molar-refractivity contribution in [3.05, 3.63) is 0 Å². The van der Waals surface area contributed by atoms with E-state index in [-0.39, 0.29) is 42.0 Å². The van der Waals surface area contributed by atoms with Crippen LogP contribution in [0, 0.1) is 11.8 Å². The molecule has 6 heteroatoms. The van der Waals surface area contributed by atoms with Crippen molar-refractivity contribution in [1.29, 1.82) is 0 Å². The van der Waals surface area contributed by atoms with Gasteiger partial charge in [0, 0.05) is 25.2 Å². The van der Waals surface area contributed by atoms with Gasteiger partial charge in [-0.2, -0.15) is 0 Å². The summed E-state index contributed by atoms with van der Waals surface area (Å²) in [6.07, 6.45) is 5.45. The van der Waals surface area contributed by atoms with E-state index in [9.17, 15) is 4.79 Å². The van der Waals surface area contributed by atoms with Crippen molar-refractivity contribution >= 4 is 35.8 Å². The highest BCUT2D eigenvalue weighted by atomic mass is 127. The van der Waals surface area contributed by atoms with Gasteiger partial charge >= 0.3 is 0 Å². The number of likely N-dealkylation sites (tertiary alicyclic amines) is 1. The van der Waals surface area contributed by atoms with Crippen LogP contribution in [0.1, 0.15) is 53.4 Å². The average molecular weight is 436 g/mol. The highest BCUT2D eigenvalue weighted by Gasteiger charge is 2.35. The summed E-state index contributed by atoms with van der Waals surface area (Å²) in [5.74, 6) is 2.53. The SMILES string of the molecule is CCNC(=NCC(=O)NC(C)(C)C)N1CC2CCCCC2C1.I. The van der Waals surface area contributed by atoms with Crippen molar-refractivity contribution in [3.8, 4) is 0 Å². The van der Waals surface area contributed by atoms with Gasteiger partial charge in [-0.3, -0.25) is 4.79 Å². The average Bonchev–Trinajstić information content (AvgIpc) is 2.85. The van der Waals surface area contributed by atoms with Crippen molar-refractivity contribution in [2.24, 2.45) is 16.8 Å². The molecule has 0 spiro atoms. The standard InChI is InChI=1S/C17H32N4O.HI/c1-5-18-16(19-10-15(22)20-17(2,3)4)21-11-13-8-6-7-9-14(13)12-21;/h13-14H,5-12H2,1-4H3,(H,18,19)(H,20,22);1H. The minimum Gasteiger partial charge on any atom is -0.357 e. The zero-order valence-corrected chi connectivity index (χ0v) is 17.4. The van der Waals surface area contributed by atoms with Gasteiger partial charge in [-0.05, 0) is 52.4 Å². The van der Waals surface area contributed by atoms with Gasteiger partial charge < -0.3 is 15.5 Å². The first kappa shape index (κ1) is 20.5. The Kier molecular flexibility index (Phi) is 8.10. The number of fused-ring (bicyclic) bond motifs is 1. The van der Waals surface area contributed by atoms with Gasteiger partial charge in [-0.25, -0.2) is 4.99 Å². The zero-order chi connectivity index (χ0) is 16.2. The third-order valence-electron chi connectivity index (χ3n) is 4.50.